The van der Waals surface area contributed by atoms with Gasteiger partial charge in [-0.15, -0.1) is 11.3 Å². The number of piperazine rings is 1. The number of fused-ring (bicyclic) bond motifs is 2. The molecule has 8 heteroatoms. The Morgan fingerprint density at radius 3 is 2.93 bits per heavy atom. The molecule has 1 saturated heterocycles. The van der Waals surface area contributed by atoms with Crippen LogP contribution in [0.15, 0.2) is 47.5 Å². The van der Waals surface area contributed by atoms with Crippen LogP contribution in [0.4, 0.5) is 5.69 Å². The van der Waals surface area contributed by atoms with Crippen molar-refractivity contribution in [1.82, 2.24) is 10.6 Å². The molecule has 2 aromatic carbocycles. The smallest absolute Gasteiger partial charge is 0.243 e. The molecule has 30 heavy (non-hydrogen) atoms. The Morgan fingerprint density at radius 1 is 1.20 bits per heavy atom. The lowest BCUT2D eigenvalue weighted by molar-refractivity contribution is -0.135. The van der Waals surface area contributed by atoms with Crippen LogP contribution in [0.3, 0.4) is 0 Å². The Bertz CT molecular complexity index is 1200. The van der Waals surface area contributed by atoms with Gasteiger partial charge in [0, 0.05) is 27.0 Å². The molecule has 0 unspecified atom stereocenters. The summed E-state index contributed by atoms with van der Waals surface area (Å²) in [5.74, 6) is -0.987. The van der Waals surface area contributed by atoms with Gasteiger partial charge in [-0.25, -0.2) is 0 Å². The number of aliphatic imine (C=N–C) groups is 1. The molecule has 7 nitrogen and oxygen atoms in total. The predicted molar refractivity (Wildman–Crippen MR) is 117 cm³/mol. The molecule has 150 valence electrons. The number of amides is 3. The standard InChI is InChI=1S/C22H18N4O3S/c27-20(8-17-22(29)24-11-21(28)26-17)25-14-5-13-9-23-10-16(13)15(7-14)19-6-12-3-1-2-4-18(12)30-19/h1-7,9,17H,8,10-11H2,(H,24,29)(H,25,27)(H,26,28)/t17-/m1/s1. The molecule has 2 aliphatic heterocycles. The van der Waals surface area contributed by atoms with E-state index in [9.17, 15) is 14.4 Å². The van der Waals surface area contributed by atoms with Crippen LogP contribution in [0.25, 0.3) is 20.5 Å². The summed E-state index contributed by atoms with van der Waals surface area (Å²) in [5, 5.41) is 9.08. The van der Waals surface area contributed by atoms with E-state index in [2.05, 4.69) is 39.1 Å². The van der Waals surface area contributed by atoms with Crippen LogP contribution in [0.2, 0.25) is 0 Å². The largest absolute Gasteiger partial charge is 0.345 e. The number of hydrogen-bond acceptors (Lipinski definition) is 5. The molecule has 1 atom stereocenters. The number of thiophene rings is 1. The van der Waals surface area contributed by atoms with Gasteiger partial charge in [0.1, 0.15) is 6.04 Å². The number of rotatable bonds is 4. The van der Waals surface area contributed by atoms with E-state index < -0.39 is 6.04 Å². The molecule has 0 spiro atoms. The van der Waals surface area contributed by atoms with Gasteiger partial charge in [0.15, 0.2) is 0 Å². The SMILES string of the molecule is O=C(C[C@H]1NC(=O)CNC1=O)Nc1cc2c(c(-c3cc4ccccc4s3)c1)CN=C2. The van der Waals surface area contributed by atoms with E-state index in [1.165, 1.54) is 10.1 Å². The molecule has 0 radical (unpaired) electrons. The first-order chi connectivity index (χ1) is 14.6. The highest BCUT2D eigenvalue weighted by Gasteiger charge is 2.28. The minimum absolute atomic E-state index is 0.0559. The second-order valence-corrected chi connectivity index (χ2v) is 8.38. The van der Waals surface area contributed by atoms with Gasteiger partial charge in [0.05, 0.1) is 19.5 Å². The van der Waals surface area contributed by atoms with Crippen molar-refractivity contribution in [2.45, 2.75) is 19.0 Å². The highest BCUT2D eigenvalue weighted by atomic mass is 32.1. The van der Waals surface area contributed by atoms with Crippen molar-refractivity contribution >= 4 is 51.0 Å². The van der Waals surface area contributed by atoms with Gasteiger partial charge in [0.25, 0.3) is 0 Å². The van der Waals surface area contributed by atoms with Gasteiger partial charge in [-0.3, -0.25) is 19.4 Å². The van der Waals surface area contributed by atoms with Crippen LogP contribution in [0, 0.1) is 0 Å². The quantitative estimate of drug-likeness (QED) is 0.607. The van der Waals surface area contributed by atoms with E-state index in [-0.39, 0.29) is 30.7 Å². The summed E-state index contributed by atoms with van der Waals surface area (Å²) < 4.78 is 1.20. The van der Waals surface area contributed by atoms with Gasteiger partial charge in [-0.1, -0.05) is 18.2 Å². The van der Waals surface area contributed by atoms with Gasteiger partial charge in [0.2, 0.25) is 17.7 Å². The van der Waals surface area contributed by atoms with Crippen LogP contribution in [-0.4, -0.2) is 36.5 Å². The summed E-state index contributed by atoms with van der Waals surface area (Å²) in [5.41, 5.74) is 3.80. The Kier molecular flexibility index (Phi) is 4.55. The highest BCUT2D eigenvalue weighted by Crippen LogP contribution is 2.39. The van der Waals surface area contributed by atoms with Gasteiger partial charge < -0.3 is 16.0 Å². The predicted octanol–water partition coefficient (Wildman–Crippen LogP) is 2.44. The van der Waals surface area contributed by atoms with Crippen LogP contribution >= 0.6 is 11.3 Å². The number of carbonyl (C=O) groups is 3. The van der Waals surface area contributed by atoms with E-state index in [0.29, 0.717) is 12.2 Å². The topological polar surface area (TPSA) is 99.7 Å². The third-order valence-corrected chi connectivity index (χ3v) is 6.35. The molecule has 0 aliphatic carbocycles. The molecule has 5 rings (SSSR count). The molecule has 1 aromatic heterocycles. The molecule has 0 bridgehead atoms. The summed E-state index contributed by atoms with van der Waals surface area (Å²) in [6.45, 7) is 0.557. The highest BCUT2D eigenvalue weighted by molar-refractivity contribution is 7.22. The van der Waals surface area contributed by atoms with E-state index in [1.54, 1.807) is 11.3 Å². The second kappa shape index (κ2) is 7.38. The number of anilines is 1. The average Bonchev–Trinajstić information content (AvgIpc) is 3.36. The van der Waals surface area contributed by atoms with Crippen molar-refractivity contribution in [3.8, 4) is 10.4 Å². The van der Waals surface area contributed by atoms with Crippen molar-refractivity contribution in [3.05, 3.63) is 53.6 Å². The van der Waals surface area contributed by atoms with E-state index in [1.807, 2.05) is 30.5 Å². The lowest BCUT2D eigenvalue weighted by atomic mass is 10.00. The third kappa shape index (κ3) is 3.46. The first kappa shape index (κ1) is 18.5. The third-order valence-electron chi connectivity index (χ3n) is 5.20. The molecule has 0 saturated carbocycles. The normalized spacial score (nSPS) is 17.5. The minimum atomic E-state index is -0.857. The Labute approximate surface area is 176 Å². The minimum Gasteiger partial charge on any atom is -0.345 e. The first-order valence-electron chi connectivity index (χ1n) is 9.59. The van der Waals surface area contributed by atoms with Gasteiger partial charge in [-0.2, -0.15) is 0 Å². The van der Waals surface area contributed by atoms with Gasteiger partial charge >= 0.3 is 0 Å². The molecule has 1 fully saturated rings. The molecule has 3 aromatic rings. The zero-order valence-corrected chi connectivity index (χ0v) is 16.7. The van der Waals surface area contributed by atoms with Crippen LogP contribution in [0.5, 0.6) is 0 Å². The van der Waals surface area contributed by atoms with Crippen LogP contribution < -0.4 is 16.0 Å². The van der Waals surface area contributed by atoms with Crippen LogP contribution in [-0.2, 0) is 20.9 Å². The zero-order valence-electron chi connectivity index (χ0n) is 15.9. The number of nitrogens with one attached hydrogen (secondary N) is 3. The van der Waals surface area contributed by atoms with Crippen LogP contribution in [0.1, 0.15) is 17.5 Å². The van der Waals surface area contributed by atoms with Crippen molar-refractivity contribution in [1.29, 1.82) is 0 Å². The number of carbonyl (C=O) groups excluding carboxylic acids is 3. The summed E-state index contributed by atoms with van der Waals surface area (Å²) in [6.07, 6.45) is 1.69. The van der Waals surface area contributed by atoms with Gasteiger partial charge in [-0.05, 0) is 40.8 Å². The molecule has 3 N–H and O–H groups in total. The summed E-state index contributed by atoms with van der Waals surface area (Å²) >= 11 is 1.70. The zero-order chi connectivity index (χ0) is 20.7. The fourth-order valence-corrected chi connectivity index (χ4v) is 4.88. The molecule has 3 heterocycles. The summed E-state index contributed by atoms with van der Waals surface area (Å²) in [6, 6.07) is 13.4. The van der Waals surface area contributed by atoms with E-state index in [4.69, 9.17) is 0 Å². The summed E-state index contributed by atoms with van der Waals surface area (Å²) in [7, 11) is 0. The monoisotopic (exact) mass is 418 g/mol. The lowest BCUT2D eigenvalue weighted by Crippen LogP contribution is -2.57. The fraction of sp³-hybridized carbons (Fsp3) is 0.182. The maximum atomic E-state index is 12.5. The van der Waals surface area contributed by atoms with Crippen molar-refractivity contribution in [2.75, 3.05) is 11.9 Å². The number of nitrogens with zero attached hydrogens (tertiary/aromatic N) is 1. The molecular weight excluding hydrogens is 400 g/mol. The summed E-state index contributed by atoms with van der Waals surface area (Å²) in [4.78, 5) is 41.4. The molecule has 2 aliphatic rings. The Morgan fingerprint density at radius 2 is 2.07 bits per heavy atom. The molecular formula is C22H18N4O3S. The maximum Gasteiger partial charge on any atom is 0.243 e. The number of benzene rings is 2. The molecule has 3 amide bonds. The van der Waals surface area contributed by atoms with E-state index >= 15 is 0 Å². The second-order valence-electron chi connectivity index (χ2n) is 7.30. The Balaban J connectivity index is 1.42. The van der Waals surface area contributed by atoms with E-state index in [0.717, 1.165) is 21.6 Å². The number of hydrogen-bond donors (Lipinski definition) is 3. The lowest BCUT2D eigenvalue weighted by Gasteiger charge is -2.22. The van der Waals surface area contributed by atoms with Crippen molar-refractivity contribution < 1.29 is 14.4 Å². The fourth-order valence-electron chi connectivity index (χ4n) is 3.77. The first-order valence-corrected chi connectivity index (χ1v) is 10.4. The van der Waals surface area contributed by atoms with Crippen molar-refractivity contribution in [2.24, 2.45) is 4.99 Å². The Hall–Kier alpha value is -3.52. The van der Waals surface area contributed by atoms with Crippen molar-refractivity contribution in [3.63, 3.8) is 0 Å². The maximum absolute atomic E-state index is 12.5. The average molecular weight is 418 g/mol.